The number of aliphatic hydroxyl groups excluding tert-OH is 1. The van der Waals surface area contributed by atoms with Gasteiger partial charge < -0.3 is 24.3 Å². The summed E-state index contributed by atoms with van der Waals surface area (Å²) < 4.78 is 30.9. The van der Waals surface area contributed by atoms with Crippen LogP contribution in [0.4, 0.5) is 4.39 Å². The fraction of sp³-hybridized carbons (Fsp3) is 0.207. The minimum atomic E-state index is -0.655. The molecule has 1 aliphatic rings. The fourth-order valence-corrected chi connectivity index (χ4v) is 4.22. The Labute approximate surface area is 208 Å². The van der Waals surface area contributed by atoms with Gasteiger partial charge in [-0.15, -0.1) is 0 Å². The molecule has 4 aromatic rings. The third-order valence-corrected chi connectivity index (χ3v) is 6.20. The molecule has 2 heterocycles. The predicted molar refractivity (Wildman–Crippen MR) is 132 cm³/mol. The van der Waals surface area contributed by atoms with Crippen molar-refractivity contribution in [3.8, 4) is 0 Å². The second kappa shape index (κ2) is 10.8. The number of para-hydroxylation sites is 1. The average molecular weight is 488 g/mol. The van der Waals surface area contributed by atoms with Gasteiger partial charge in [-0.05, 0) is 41.0 Å². The third-order valence-electron chi connectivity index (χ3n) is 6.20. The smallest absolute Gasteiger partial charge is 0.286 e. The molecule has 36 heavy (non-hydrogen) atoms. The fourth-order valence-electron chi connectivity index (χ4n) is 4.22. The molecule has 3 aromatic carbocycles. The quantitative estimate of drug-likeness (QED) is 0.352. The number of furan rings is 1. The van der Waals surface area contributed by atoms with Crippen LogP contribution in [0.5, 0.6) is 0 Å². The summed E-state index contributed by atoms with van der Waals surface area (Å²) in [5.41, 5.74) is 4.26. The number of hydrogen-bond donors (Lipinski definition) is 2. The van der Waals surface area contributed by atoms with E-state index in [1.54, 1.807) is 24.5 Å². The van der Waals surface area contributed by atoms with Crippen molar-refractivity contribution in [3.63, 3.8) is 0 Å². The highest BCUT2D eigenvalue weighted by molar-refractivity contribution is 5.92. The number of allylic oxidation sites excluding steroid dienone is 1. The number of carbonyl (C=O) groups is 1. The predicted octanol–water partition coefficient (Wildman–Crippen LogP) is 5.31. The zero-order valence-electron chi connectivity index (χ0n) is 19.5. The lowest BCUT2D eigenvalue weighted by molar-refractivity contribution is -0.150. The SMILES string of the molecule is O=C(NCc1ccc(F)cc1)C1=C[C@@H](c2coc3ccccc23)C[C@@H](OCc2ccc(CO)cc2)O1. The number of carbonyl (C=O) groups excluding carboxylic acids is 1. The Hall–Kier alpha value is -3.94. The van der Waals surface area contributed by atoms with E-state index in [1.165, 1.54) is 12.1 Å². The molecule has 0 bridgehead atoms. The van der Waals surface area contributed by atoms with Crippen molar-refractivity contribution in [3.05, 3.63) is 119 Å². The normalized spacial score (nSPS) is 17.4. The van der Waals surface area contributed by atoms with Gasteiger partial charge in [-0.25, -0.2) is 4.39 Å². The first-order valence-corrected chi connectivity index (χ1v) is 11.8. The Bertz CT molecular complexity index is 1360. The van der Waals surface area contributed by atoms with E-state index >= 15 is 0 Å². The molecule has 0 unspecified atom stereocenters. The van der Waals surface area contributed by atoms with Crippen LogP contribution in [0.15, 0.2) is 95.3 Å². The van der Waals surface area contributed by atoms with Crippen molar-refractivity contribution >= 4 is 16.9 Å². The molecule has 5 rings (SSSR count). The standard InChI is InChI=1S/C29H26FNO5/c30-23-11-9-19(10-12-23)15-31-29(33)27-13-22(25-18-34-26-4-2-1-3-24(25)26)14-28(36-27)35-17-21-7-5-20(16-32)6-8-21/h1-13,18,22,28,32H,14-17H2,(H,31,33)/t22-,28+/m1/s1. The van der Waals surface area contributed by atoms with Gasteiger partial charge in [0, 0.05) is 29.8 Å². The highest BCUT2D eigenvalue weighted by atomic mass is 19.1. The number of benzene rings is 3. The molecule has 0 aliphatic carbocycles. The molecule has 0 radical (unpaired) electrons. The van der Waals surface area contributed by atoms with Gasteiger partial charge in [-0.1, -0.05) is 54.6 Å². The molecule has 184 valence electrons. The van der Waals surface area contributed by atoms with Gasteiger partial charge in [0.05, 0.1) is 19.5 Å². The van der Waals surface area contributed by atoms with Gasteiger partial charge in [-0.2, -0.15) is 0 Å². The maximum absolute atomic E-state index is 13.2. The van der Waals surface area contributed by atoms with Crippen molar-refractivity contribution in [2.45, 2.75) is 38.4 Å². The molecule has 6 nitrogen and oxygen atoms in total. The van der Waals surface area contributed by atoms with Crippen LogP contribution in [0, 0.1) is 5.82 Å². The minimum Gasteiger partial charge on any atom is -0.464 e. The van der Waals surface area contributed by atoms with Crippen LogP contribution in [0.1, 0.15) is 34.6 Å². The lowest BCUT2D eigenvalue weighted by atomic mass is 9.92. The summed E-state index contributed by atoms with van der Waals surface area (Å²) in [5, 5.41) is 13.1. The number of hydrogen-bond acceptors (Lipinski definition) is 5. The molecular weight excluding hydrogens is 461 g/mol. The lowest BCUT2D eigenvalue weighted by Crippen LogP contribution is -2.32. The van der Waals surface area contributed by atoms with Crippen molar-refractivity contribution in [1.82, 2.24) is 5.32 Å². The van der Waals surface area contributed by atoms with Crippen LogP contribution in [-0.4, -0.2) is 17.3 Å². The van der Waals surface area contributed by atoms with Gasteiger partial charge in [0.1, 0.15) is 11.4 Å². The van der Waals surface area contributed by atoms with E-state index in [0.29, 0.717) is 13.0 Å². The van der Waals surface area contributed by atoms with Gasteiger partial charge in [-0.3, -0.25) is 4.79 Å². The van der Waals surface area contributed by atoms with E-state index < -0.39 is 6.29 Å². The Morgan fingerprint density at radius 2 is 1.72 bits per heavy atom. The van der Waals surface area contributed by atoms with E-state index in [1.807, 2.05) is 48.5 Å². The number of fused-ring (bicyclic) bond motifs is 1. The maximum Gasteiger partial charge on any atom is 0.286 e. The number of ether oxygens (including phenoxy) is 2. The molecule has 0 saturated carbocycles. The van der Waals surface area contributed by atoms with Crippen molar-refractivity contribution in [1.29, 1.82) is 0 Å². The van der Waals surface area contributed by atoms with Crippen LogP contribution in [0.3, 0.4) is 0 Å². The van der Waals surface area contributed by atoms with Gasteiger partial charge in [0.15, 0.2) is 5.76 Å². The third kappa shape index (κ3) is 5.48. The van der Waals surface area contributed by atoms with Crippen LogP contribution in [0.25, 0.3) is 11.0 Å². The highest BCUT2D eigenvalue weighted by Crippen LogP contribution is 2.36. The Morgan fingerprint density at radius 1 is 1.00 bits per heavy atom. The molecule has 0 spiro atoms. The summed E-state index contributed by atoms with van der Waals surface area (Å²) >= 11 is 0. The number of halogens is 1. The first-order chi connectivity index (χ1) is 17.6. The van der Waals surface area contributed by atoms with E-state index in [2.05, 4.69) is 5.32 Å². The first-order valence-electron chi connectivity index (χ1n) is 11.8. The molecule has 1 amide bonds. The summed E-state index contributed by atoms with van der Waals surface area (Å²) in [5.74, 6) is -0.697. The van der Waals surface area contributed by atoms with Crippen molar-refractivity contribution in [2.24, 2.45) is 0 Å². The van der Waals surface area contributed by atoms with E-state index in [9.17, 15) is 14.3 Å². The highest BCUT2D eigenvalue weighted by Gasteiger charge is 2.30. The molecule has 7 heteroatoms. The van der Waals surface area contributed by atoms with Crippen LogP contribution < -0.4 is 5.32 Å². The molecule has 1 aromatic heterocycles. The maximum atomic E-state index is 13.2. The van der Waals surface area contributed by atoms with Crippen LogP contribution >= 0.6 is 0 Å². The van der Waals surface area contributed by atoms with E-state index in [-0.39, 0.29) is 36.6 Å². The molecule has 2 atom stereocenters. The Morgan fingerprint density at radius 3 is 2.50 bits per heavy atom. The second-order valence-corrected chi connectivity index (χ2v) is 8.70. The van der Waals surface area contributed by atoms with E-state index in [0.717, 1.165) is 33.2 Å². The monoisotopic (exact) mass is 487 g/mol. The molecular formula is C29H26FNO5. The number of aliphatic hydroxyl groups is 1. The summed E-state index contributed by atoms with van der Waals surface area (Å²) in [6, 6.07) is 21.2. The average Bonchev–Trinajstić information content (AvgIpc) is 3.36. The molecule has 0 saturated heterocycles. The van der Waals surface area contributed by atoms with Crippen molar-refractivity contribution < 1.29 is 28.2 Å². The zero-order valence-corrected chi connectivity index (χ0v) is 19.5. The second-order valence-electron chi connectivity index (χ2n) is 8.70. The molecule has 1 aliphatic heterocycles. The Kier molecular flexibility index (Phi) is 7.11. The zero-order chi connectivity index (χ0) is 24.9. The van der Waals surface area contributed by atoms with Crippen LogP contribution in [0.2, 0.25) is 0 Å². The number of amides is 1. The van der Waals surface area contributed by atoms with Crippen molar-refractivity contribution in [2.75, 3.05) is 0 Å². The number of rotatable bonds is 8. The van der Waals surface area contributed by atoms with Crippen LogP contribution in [-0.2, 0) is 34.0 Å². The van der Waals surface area contributed by atoms with Gasteiger partial charge >= 0.3 is 0 Å². The number of nitrogens with one attached hydrogen (secondary N) is 1. The molecule has 0 fully saturated rings. The summed E-state index contributed by atoms with van der Waals surface area (Å²) in [7, 11) is 0. The summed E-state index contributed by atoms with van der Waals surface area (Å²) in [4.78, 5) is 13.0. The Balaban J connectivity index is 1.34. The minimum absolute atomic E-state index is 0.0194. The summed E-state index contributed by atoms with van der Waals surface area (Å²) in [6.45, 7) is 0.510. The van der Waals surface area contributed by atoms with E-state index in [4.69, 9.17) is 13.9 Å². The molecule has 2 N–H and O–H groups in total. The largest absolute Gasteiger partial charge is 0.464 e. The first kappa shape index (κ1) is 23.8. The topological polar surface area (TPSA) is 80.9 Å². The lowest BCUT2D eigenvalue weighted by Gasteiger charge is -2.29. The van der Waals surface area contributed by atoms with Gasteiger partial charge in [0.2, 0.25) is 6.29 Å². The summed E-state index contributed by atoms with van der Waals surface area (Å²) in [6.07, 6.45) is 3.37. The van der Waals surface area contributed by atoms with Gasteiger partial charge in [0.25, 0.3) is 5.91 Å².